The smallest absolute Gasteiger partial charge is 0.111 e. The van der Waals surface area contributed by atoms with Crippen LogP contribution in [0.4, 0.5) is 0 Å². The van der Waals surface area contributed by atoms with Crippen LogP contribution < -0.4 is 0 Å². The third-order valence-electron chi connectivity index (χ3n) is 2.31. The third kappa shape index (κ3) is 0.860. The van der Waals surface area contributed by atoms with Crippen LogP contribution in [-0.4, -0.2) is 28.2 Å². The molecule has 1 fully saturated rings. The minimum atomic E-state index is 0.108. The number of ether oxygens (including phenoxy) is 1. The van der Waals surface area contributed by atoms with Crippen LogP contribution in [0.15, 0.2) is 12.4 Å². The molecule has 0 bridgehead atoms. The van der Waals surface area contributed by atoms with Crippen LogP contribution in [0.5, 0.6) is 0 Å². The van der Waals surface area contributed by atoms with E-state index >= 15 is 0 Å². The average Bonchev–Trinajstić information content (AvgIpc) is 2.39. The molecule has 0 atom stereocenters. The van der Waals surface area contributed by atoms with Crippen molar-refractivity contribution in [2.24, 2.45) is 0 Å². The van der Waals surface area contributed by atoms with Crippen LogP contribution in [0.25, 0.3) is 0 Å². The molecule has 4 nitrogen and oxygen atoms in total. The van der Waals surface area contributed by atoms with Crippen molar-refractivity contribution in [3.63, 3.8) is 0 Å². The summed E-state index contributed by atoms with van der Waals surface area (Å²) in [6.07, 6.45) is 4.65. The number of nitrogens with zero attached hydrogens (tertiary/aromatic N) is 3. The Balaban J connectivity index is 2.25. The summed E-state index contributed by atoms with van der Waals surface area (Å²) in [6, 6.07) is 0. The van der Waals surface area contributed by atoms with Crippen molar-refractivity contribution >= 4 is 0 Å². The lowest BCUT2D eigenvalue weighted by molar-refractivity contribution is -0.110. The first-order valence-corrected chi connectivity index (χ1v) is 3.82. The molecule has 0 amide bonds. The molecule has 11 heavy (non-hydrogen) atoms. The van der Waals surface area contributed by atoms with Gasteiger partial charge in [0, 0.05) is 6.20 Å². The normalized spacial score (nSPS) is 21.2. The molecule has 1 aromatic rings. The Morgan fingerprint density at radius 1 is 1.64 bits per heavy atom. The molecule has 1 saturated heterocycles. The van der Waals surface area contributed by atoms with Gasteiger partial charge in [-0.2, -0.15) is 0 Å². The van der Waals surface area contributed by atoms with Crippen LogP contribution in [0.1, 0.15) is 13.3 Å². The third-order valence-corrected chi connectivity index (χ3v) is 2.31. The molecular weight excluding hydrogens is 142 g/mol. The van der Waals surface area contributed by atoms with E-state index in [1.807, 2.05) is 10.9 Å². The van der Waals surface area contributed by atoms with E-state index in [4.69, 9.17) is 4.74 Å². The van der Waals surface area contributed by atoms with Gasteiger partial charge in [-0.1, -0.05) is 12.1 Å². The summed E-state index contributed by atoms with van der Waals surface area (Å²) in [5.41, 5.74) is 0.108. The largest absolute Gasteiger partial charge is 0.376 e. The Morgan fingerprint density at radius 2 is 2.45 bits per heavy atom. The monoisotopic (exact) mass is 153 g/mol. The van der Waals surface area contributed by atoms with Gasteiger partial charge in [0.15, 0.2) is 0 Å². The van der Waals surface area contributed by atoms with Crippen molar-refractivity contribution < 1.29 is 4.74 Å². The summed E-state index contributed by atoms with van der Waals surface area (Å²) in [6.45, 7) is 3.68. The van der Waals surface area contributed by atoms with Crippen LogP contribution in [0.2, 0.25) is 0 Å². The number of rotatable bonds is 2. The Bertz CT molecular complexity index is 222. The molecule has 2 heterocycles. The minimum absolute atomic E-state index is 0.108. The maximum Gasteiger partial charge on any atom is 0.111 e. The molecule has 0 radical (unpaired) electrons. The van der Waals surface area contributed by atoms with E-state index in [2.05, 4.69) is 17.2 Å². The van der Waals surface area contributed by atoms with Crippen molar-refractivity contribution in [3.8, 4) is 0 Å². The van der Waals surface area contributed by atoms with E-state index in [1.165, 1.54) is 0 Å². The highest BCUT2D eigenvalue weighted by Gasteiger charge is 2.39. The van der Waals surface area contributed by atoms with E-state index in [1.54, 1.807) is 6.20 Å². The van der Waals surface area contributed by atoms with E-state index in [0.29, 0.717) is 0 Å². The fourth-order valence-electron chi connectivity index (χ4n) is 1.30. The second-order valence-electron chi connectivity index (χ2n) is 2.92. The van der Waals surface area contributed by atoms with Crippen LogP contribution in [-0.2, 0) is 10.3 Å². The first-order chi connectivity index (χ1) is 5.37. The quantitative estimate of drug-likeness (QED) is 0.618. The second kappa shape index (κ2) is 2.30. The molecule has 2 rings (SSSR count). The molecule has 0 saturated carbocycles. The van der Waals surface area contributed by atoms with Gasteiger partial charge in [0.05, 0.1) is 19.4 Å². The van der Waals surface area contributed by atoms with Crippen LogP contribution in [0, 0.1) is 0 Å². The zero-order valence-electron chi connectivity index (χ0n) is 6.53. The Morgan fingerprint density at radius 3 is 2.82 bits per heavy atom. The molecule has 0 unspecified atom stereocenters. The van der Waals surface area contributed by atoms with Crippen molar-refractivity contribution in [2.75, 3.05) is 13.2 Å². The fourth-order valence-corrected chi connectivity index (χ4v) is 1.30. The van der Waals surface area contributed by atoms with Crippen molar-refractivity contribution in [2.45, 2.75) is 18.9 Å². The van der Waals surface area contributed by atoms with Crippen molar-refractivity contribution in [1.82, 2.24) is 15.0 Å². The Kier molecular flexibility index (Phi) is 1.42. The highest BCUT2D eigenvalue weighted by atomic mass is 16.5. The van der Waals surface area contributed by atoms with Gasteiger partial charge in [0.25, 0.3) is 0 Å². The first kappa shape index (κ1) is 6.79. The van der Waals surface area contributed by atoms with Gasteiger partial charge in [0.2, 0.25) is 0 Å². The highest BCUT2D eigenvalue weighted by Crippen LogP contribution is 2.28. The highest BCUT2D eigenvalue weighted by molar-refractivity contribution is 4.91. The van der Waals surface area contributed by atoms with E-state index < -0.39 is 0 Å². The van der Waals surface area contributed by atoms with Crippen molar-refractivity contribution in [3.05, 3.63) is 12.4 Å². The van der Waals surface area contributed by atoms with Crippen molar-refractivity contribution in [1.29, 1.82) is 0 Å². The van der Waals surface area contributed by atoms with Crippen LogP contribution >= 0.6 is 0 Å². The molecule has 1 aromatic heterocycles. The molecule has 4 heteroatoms. The molecule has 1 aliphatic heterocycles. The molecule has 0 spiro atoms. The molecule has 0 aliphatic carbocycles. The summed E-state index contributed by atoms with van der Waals surface area (Å²) in [4.78, 5) is 0. The van der Waals surface area contributed by atoms with Gasteiger partial charge in [-0.15, -0.1) is 5.10 Å². The van der Waals surface area contributed by atoms with E-state index in [-0.39, 0.29) is 5.54 Å². The standard InChI is InChI=1S/C7H11N3O/c1-2-7(5-11-6-7)10-4-3-8-9-10/h3-4H,2,5-6H2,1H3. The molecule has 0 N–H and O–H groups in total. The lowest BCUT2D eigenvalue weighted by Gasteiger charge is -2.40. The summed E-state index contributed by atoms with van der Waals surface area (Å²) >= 11 is 0. The second-order valence-corrected chi connectivity index (χ2v) is 2.92. The number of aromatic nitrogens is 3. The van der Waals surface area contributed by atoms with E-state index in [9.17, 15) is 0 Å². The van der Waals surface area contributed by atoms with Gasteiger partial charge in [-0.25, -0.2) is 4.68 Å². The SMILES string of the molecule is CCC1(n2ccnn2)COC1. The fraction of sp³-hybridized carbons (Fsp3) is 0.714. The lowest BCUT2D eigenvalue weighted by atomic mass is 9.95. The summed E-state index contributed by atoms with van der Waals surface area (Å²) < 4.78 is 7.06. The van der Waals surface area contributed by atoms with Crippen LogP contribution in [0.3, 0.4) is 0 Å². The van der Waals surface area contributed by atoms with Gasteiger partial charge < -0.3 is 4.74 Å². The molecule has 1 aliphatic rings. The average molecular weight is 153 g/mol. The van der Waals surface area contributed by atoms with E-state index in [0.717, 1.165) is 19.6 Å². The molecule has 0 aromatic carbocycles. The zero-order chi connectivity index (χ0) is 7.73. The first-order valence-electron chi connectivity index (χ1n) is 3.82. The summed E-state index contributed by atoms with van der Waals surface area (Å²) in [5, 5.41) is 7.74. The summed E-state index contributed by atoms with van der Waals surface area (Å²) in [7, 11) is 0. The Labute approximate surface area is 65.2 Å². The zero-order valence-corrected chi connectivity index (χ0v) is 6.53. The summed E-state index contributed by atoms with van der Waals surface area (Å²) in [5.74, 6) is 0. The van der Waals surface area contributed by atoms with Gasteiger partial charge in [-0.05, 0) is 6.42 Å². The molecular formula is C7H11N3O. The Hall–Kier alpha value is -0.900. The lowest BCUT2D eigenvalue weighted by Crippen LogP contribution is -2.51. The molecule has 60 valence electrons. The van der Waals surface area contributed by atoms with Gasteiger partial charge in [-0.3, -0.25) is 0 Å². The maximum absolute atomic E-state index is 5.16. The van der Waals surface area contributed by atoms with Gasteiger partial charge in [0.1, 0.15) is 5.54 Å². The van der Waals surface area contributed by atoms with Gasteiger partial charge >= 0.3 is 0 Å². The predicted molar refractivity (Wildman–Crippen MR) is 39.1 cm³/mol. The number of hydrogen-bond acceptors (Lipinski definition) is 3. The number of hydrogen-bond donors (Lipinski definition) is 0. The maximum atomic E-state index is 5.16. The topological polar surface area (TPSA) is 39.9 Å². The predicted octanol–water partition coefficient (Wildman–Crippen LogP) is 0.414. The minimum Gasteiger partial charge on any atom is -0.376 e.